The molecule has 4 N–H and O–H groups in total. The fourth-order valence-corrected chi connectivity index (χ4v) is 2.65. The van der Waals surface area contributed by atoms with Gasteiger partial charge < -0.3 is 16.0 Å². The number of aromatic nitrogens is 2. The van der Waals surface area contributed by atoms with Gasteiger partial charge in [-0.2, -0.15) is 5.10 Å². The summed E-state index contributed by atoms with van der Waals surface area (Å²) >= 11 is 0. The lowest BCUT2D eigenvalue weighted by Crippen LogP contribution is -2.36. The van der Waals surface area contributed by atoms with Gasteiger partial charge in [0.1, 0.15) is 17.2 Å². The summed E-state index contributed by atoms with van der Waals surface area (Å²) in [5.74, 6) is -3.10. The largest absolute Gasteiger partial charge is 0.350 e. The summed E-state index contributed by atoms with van der Waals surface area (Å²) in [6.45, 7) is 1.53. The minimum Gasteiger partial charge on any atom is -0.350 e. The second-order valence-electron chi connectivity index (χ2n) is 5.56. The van der Waals surface area contributed by atoms with Crippen molar-refractivity contribution in [3.8, 4) is 0 Å². The van der Waals surface area contributed by atoms with Crippen molar-refractivity contribution in [2.45, 2.75) is 13.0 Å². The van der Waals surface area contributed by atoms with Gasteiger partial charge >= 0.3 is 0 Å². The molecule has 7 nitrogen and oxygen atoms in total. The summed E-state index contributed by atoms with van der Waals surface area (Å²) in [6.07, 6.45) is 0.778. The highest BCUT2D eigenvalue weighted by Crippen LogP contribution is 2.15. The monoisotopic (exact) mass is 385 g/mol. The van der Waals surface area contributed by atoms with E-state index in [1.54, 1.807) is 0 Å². The van der Waals surface area contributed by atoms with Gasteiger partial charge in [0.25, 0.3) is 11.8 Å². The van der Waals surface area contributed by atoms with Crippen LogP contribution in [0.4, 0.5) is 8.78 Å². The molecule has 2 aromatic rings. The van der Waals surface area contributed by atoms with E-state index in [0.717, 1.165) is 36.4 Å². The molecule has 0 saturated heterocycles. The zero-order valence-electron chi connectivity index (χ0n) is 13.7. The molecule has 1 aliphatic heterocycles. The summed E-state index contributed by atoms with van der Waals surface area (Å²) in [6, 6.07) is 3.20. The van der Waals surface area contributed by atoms with E-state index in [1.807, 2.05) is 0 Å². The van der Waals surface area contributed by atoms with Crippen molar-refractivity contribution < 1.29 is 18.4 Å². The van der Waals surface area contributed by atoms with Crippen LogP contribution in [0.3, 0.4) is 0 Å². The number of benzene rings is 1. The molecule has 1 aliphatic rings. The predicted molar refractivity (Wildman–Crippen MR) is 92.3 cm³/mol. The number of hydrogen-bond acceptors (Lipinski definition) is 4. The Hall–Kier alpha value is -2.52. The van der Waals surface area contributed by atoms with Crippen molar-refractivity contribution in [1.82, 2.24) is 26.1 Å². The molecule has 1 aromatic carbocycles. The number of fused-ring (bicyclic) bond motifs is 1. The summed E-state index contributed by atoms with van der Waals surface area (Å²) in [5, 5.41) is 15.0. The van der Waals surface area contributed by atoms with Gasteiger partial charge in [-0.25, -0.2) is 8.78 Å². The number of H-pyrrole nitrogens is 1. The number of rotatable bonds is 5. The number of carbonyl (C=O) groups excluding carboxylic acids is 2. The van der Waals surface area contributed by atoms with Gasteiger partial charge in [0.15, 0.2) is 5.69 Å². The summed E-state index contributed by atoms with van der Waals surface area (Å²) < 4.78 is 27.0. The van der Waals surface area contributed by atoms with E-state index in [1.165, 1.54) is 6.07 Å². The van der Waals surface area contributed by atoms with Crippen LogP contribution in [0.2, 0.25) is 0 Å². The predicted octanol–water partition coefficient (Wildman–Crippen LogP) is 0.915. The molecule has 0 spiro atoms. The smallest absolute Gasteiger partial charge is 0.272 e. The van der Waals surface area contributed by atoms with Crippen LogP contribution in [0.5, 0.6) is 0 Å². The van der Waals surface area contributed by atoms with Crippen LogP contribution < -0.4 is 16.0 Å². The van der Waals surface area contributed by atoms with Gasteiger partial charge in [-0.15, -0.1) is 12.4 Å². The highest BCUT2D eigenvalue weighted by molar-refractivity contribution is 5.95. The maximum absolute atomic E-state index is 13.5. The van der Waals surface area contributed by atoms with Gasteiger partial charge in [0.05, 0.1) is 0 Å². The highest BCUT2D eigenvalue weighted by atomic mass is 35.5. The lowest BCUT2D eigenvalue weighted by molar-refractivity contribution is 0.0920. The molecule has 0 bridgehead atoms. The number of nitrogens with zero attached hydrogens (tertiary/aromatic N) is 1. The molecule has 1 aromatic heterocycles. The number of halogens is 3. The second-order valence-corrected chi connectivity index (χ2v) is 5.56. The second kappa shape index (κ2) is 8.72. The molecule has 26 heavy (non-hydrogen) atoms. The summed E-state index contributed by atoms with van der Waals surface area (Å²) in [5.41, 5.74) is 1.45. The Morgan fingerprint density at radius 3 is 2.46 bits per heavy atom. The highest BCUT2D eigenvalue weighted by Gasteiger charge is 2.21. The van der Waals surface area contributed by atoms with E-state index in [-0.39, 0.29) is 31.4 Å². The van der Waals surface area contributed by atoms with Gasteiger partial charge in [-0.1, -0.05) is 6.07 Å². The van der Waals surface area contributed by atoms with Crippen LogP contribution in [-0.4, -0.2) is 41.6 Å². The topological polar surface area (TPSA) is 98.9 Å². The molecule has 0 atom stereocenters. The summed E-state index contributed by atoms with van der Waals surface area (Å²) in [4.78, 5) is 24.0. The lowest BCUT2D eigenvalue weighted by Gasteiger charge is -2.13. The van der Waals surface area contributed by atoms with Crippen LogP contribution in [0.15, 0.2) is 18.2 Å². The van der Waals surface area contributed by atoms with Gasteiger partial charge in [-0.05, 0) is 12.1 Å². The zero-order valence-corrected chi connectivity index (χ0v) is 14.5. The molecule has 0 saturated carbocycles. The summed E-state index contributed by atoms with van der Waals surface area (Å²) in [7, 11) is 0. The number of carbonyl (C=O) groups is 2. The van der Waals surface area contributed by atoms with Gasteiger partial charge in [-0.3, -0.25) is 14.7 Å². The van der Waals surface area contributed by atoms with Crippen LogP contribution in [0.25, 0.3) is 0 Å². The van der Waals surface area contributed by atoms with Crippen molar-refractivity contribution in [3.05, 3.63) is 52.3 Å². The lowest BCUT2D eigenvalue weighted by atomic mass is 10.1. The number of aromatic amines is 1. The van der Waals surface area contributed by atoms with E-state index in [0.29, 0.717) is 12.2 Å². The van der Waals surface area contributed by atoms with Crippen molar-refractivity contribution >= 4 is 24.2 Å². The average Bonchev–Trinajstić information content (AvgIpc) is 3.02. The molecule has 0 aliphatic carbocycles. The molecule has 0 fully saturated rings. The fourth-order valence-electron chi connectivity index (χ4n) is 2.65. The van der Waals surface area contributed by atoms with E-state index in [9.17, 15) is 18.4 Å². The van der Waals surface area contributed by atoms with Crippen LogP contribution in [-0.2, 0) is 13.0 Å². The molecule has 140 valence electrons. The first-order valence-corrected chi connectivity index (χ1v) is 7.85. The number of hydrogen-bond donors (Lipinski definition) is 4. The fraction of sp³-hybridized carbons (Fsp3) is 0.312. The van der Waals surface area contributed by atoms with E-state index in [2.05, 4.69) is 26.1 Å². The minimum absolute atomic E-state index is 0. The Bertz CT molecular complexity index is 792. The van der Waals surface area contributed by atoms with Gasteiger partial charge in [0.2, 0.25) is 0 Å². The molecule has 3 rings (SSSR count). The normalized spacial score (nSPS) is 12.7. The van der Waals surface area contributed by atoms with Crippen molar-refractivity contribution in [1.29, 1.82) is 0 Å². The molecule has 2 amide bonds. The van der Waals surface area contributed by atoms with Crippen LogP contribution >= 0.6 is 12.4 Å². The van der Waals surface area contributed by atoms with Crippen molar-refractivity contribution in [2.24, 2.45) is 0 Å². The Labute approximate surface area is 154 Å². The van der Waals surface area contributed by atoms with Crippen molar-refractivity contribution in [2.75, 3.05) is 19.6 Å². The SMILES string of the molecule is Cl.O=C(NCCNC(=O)c1c(F)cccc1F)c1n[nH]c2c1CNCC2. The Morgan fingerprint density at radius 1 is 1.12 bits per heavy atom. The molecular formula is C16H18ClF2N5O2. The Kier molecular flexibility index (Phi) is 6.64. The standard InChI is InChI=1S/C16H17F2N5O2.ClH/c17-10-2-1-3-11(18)13(10)15(24)20-6-7-21-16(25)14-9-8-19-5-4-12(9)22-23-14;/h1-3,19H,4-8H2,(H,20,24)(H,21,25)(H,22,23);1H. The molecule has 10 heteroatoms. The first-order chi connectivity index (χ1) is 12.1. The molecule has 2 heterocycles. The average molecular weight is 386 g/mol. The third kappa shape index (κ3) is 4.17. The zero-order chi connectivity index (χ0) is 17.8. The molecular weight excluding hydrogens is 368 g/mol. The van der Waals surface area contributed by atoms with E-state index in [4.69, 9.17) is 0 Å². The van der Waals surface area contributed by atoms with E-state index < -0.39 is 23.1 Å². The number of amides is 2. The van der Waals surface area contributed by atoms with Crippen LogP contribution in [0, 0.1) is 11.6 Å². The molecule has 0 unspecified atom stereocenters. The quantitative estimate of drug-likeness (QED) is 0.575. The van der Waals surface area contributed by atoms with Crippen LogP contribution in [0.1, 0.15) is 32.1 Å². The van der Waals surface area contributed by atoms with Crippen molar-refractivity contribution in [3.63, 3.8) is 0 Å². The third-order valence-electron chi connectivity index (χ3n) is 3.91. The maximum Gasteiger partial charge on any atom is 0.272 e. The first-order valence-electron chi connectivity index (χ1n) is 7.85. The first kappa shape index (κ1) is 19.8. The van der Waals surface area contributed by atoms with E-state index >= 15 is 0 Å². The Morgan fingerprint density at radius 2 is 1.77 bits per heavy atom. The maximum atomic E-state index is 13.5. The minimum atomic E-state index is -0.933. The Balaban J connectivity index is 0.00000243. The molecule has 0 radical (unpaired) electrons. The van der Waals surface area contributed by atoms with Gasteiger partial charge in [0, 0.05) is 43.9 Å². The third-order valence-corrected chi connectivity index (χ3v) is 3.91. The number of nitrogens with one attached hydrogen (secondary N) is 4.